The summed E-state index contributed by atoms with van der Waals surface area (Å²) in [5, 5.41) is 26.1. The first-order chi connectivity index (χ1) is 37.3. The predicted molar refractivity (Wildman–Crippen MR) is 321 cm³/mol. The third-order valence-electron chi connectivity index (χ3n) is 14.7. The molecule has 0 saturated heterocycles. The second-order valence-corrected chi connectivity index (χ2v) is 19.4. The molecule has 76 heavy (non-hydrogen) atoms. The lowest BCUT2D eigenvalue weighted by Gasteiger charge is -2.27. The van der Waals surface area contributed by atoms with Gasteiger partial charge in [0.15, 0.2) is 0 Å². The molecule has 8 aromatic carbocycles. The summed E-state index contributed by atoms with van der Waals surface area (Å²) in [4.78, 5) is 4.37. The first-order valence-corrected chi connectivity index (χ1v) is 25.7. The molecule has 2 aromatic heterocycles. The minimum absolute atomic E-state index is 0.212. The smallest absolute Gasteiger partial charge is 0.145 e. The van der Waals surface area contributed by atoms with E-state index < -0.39 is 0 Å². The highest BCUT2D eigenvalue weighted by atomic mass is 16.3. The highest BCUT2D eigenvalue weighted by Gasteiger charge is 2.24. The van der Waals surface area contributed by atoms with Gasteiger partial charge >= 0.3 is 0 Å². The van der Waals surface area contributed by atoms with E-state index in [9.17, 15) is 10.2 Å². The van der Waals surface area contributed by atoms with Crippen molar-refractivity contribution >= 4 is 88.8 Å². The van der Waals surface area contributed by atoms with Crippen molar-refractivity contribution in [2.45, 2.75) is 26.3 Å². The molecule has 0 unspecified atom stereocenters. The summed E-state index contributed by atoms with van der Waals surface area (Å²) < 4.78 is 9.19. The summed E-state index contributed by atoms with van der Waals surface area (Å²) in [6, 6.07) is 56.5. The molecule has 0 fully saturated rings. The number of aliphatic hydroxyl groups excluding tert-OH is 1. The molecule has 0 radical (unpaired) electrons. The van der Waals surface area contributed by atoms with Crippen LogP contribution in [0, 0.1) is 0 Å². The van der Waals surface area contributed by atoms with Crippen LogP contribution in [0.15, 0.2) is 255 Å². The van der Waals surface area contributed by atoms with Crippen molar-refractivity contribution in [3.05, 3.63) is 273 Å². The van der Waals surface area contributed by atoms with Crippen LogP contribution in [0.1, 0.15) is 42.0 Å². The van der Waals surface area contributed by atoms with Gasteiger partial charge in [0.05, 0.1) is 17.6 Å². The van der Waals surface area contributed by atoms with Crippen molar-refractivity contribution in [3.8, 4) is 28.0 Å². The van der Waals surface area contributed by atoms with E-state index in [4.69, 9.17) is 4.42 Å². The number of para-hydroxylation sites is 2. The zero-order chi connectivity index (χ0) is 51.9. The molecule has 368 valence electrons. The molecule has 0 spiro atoms. The van der Waals surface area contributed by atoms with Crippen molar-refractivity contribution in [1.82, 2.24) is 4.57 Å². The van der Waals surface area contributed by atoms with Crippen LogP contribution in [0.5, 0.6) is 5.75 Å². The number of fused-ring (bicyclic) bond motifs is 9. The summed E-state index contributed by atoms with van der Waals surface area (Å²) in [5.74, 6) is 0.212. The normalized spacial score (nSPS) is 15.3. The van der Waals surface area contributed by atoms with Crippen LogP contribution in [0.25, 0.3) is 88.3 Å². The summed E-state index contributed by atoms with van der Waals surface area (Å²) in [5.41, 5.74) is 18.9. The van der Waals surface area contributed by atoms with Gasteiger partial charge in [-0.15, -0.1) is 0 Å². The molecule has 12 rings (SSSR count). The van der Waals surface area contributed by atoms with Crippen molar-refractivity contribution in [3.63, 3.8) is 0 Å². The fourth-order valence-corrected chi connectivity index (χ4v) is 10.9. The quantitative estimate of drug-likeness (QED) is 0.0812. The number of nitrogens with zero attached hydrogens (tertiary/aromatic N) is 3. The van der Waals surface area contributed by atoms with E-state index in [0.717, 1.165) is 137 Å². The second-order valence-electron chi connectivity index (χ2n) is 19.4. The number of hydrogen-bond acceptors (Lipinski definition) is 5. The maximum Gasteiger partial charge on any atom is 0.145 e. The Morgan fingerprint density at radius 3 is 2.32 bits per heavy atom. The molecule has 6 heteroatoms. The molecule has 0 atom stereocenters. The average molecular weight is 986 g/mol. The summed E-state index contributed by atoms with van der Waals surface area (Å²) in [6.07, 6.45) is 23.1. The Bertz CT molecular complexity index is 4200. The molecule has 0 bridgehead atoms. The van der Waals surface area contributed by atoms with Gasteiger partial charge in [0.2, 0.25) is 0 Å². The first kappa shape index (κ1) is 47.2. The number of hydrogen-bond donors (Lipinski definition) is 2. The molecule has 6 nitrogen and oxygen atoms in total. The lowest BCUT2D eigenvalue weighted by atomic mass is 9.94. The van der Waals surface area contributed by atoms with Crippen molar-refractivity contribution in [2.75, 3.05) is 9.80 Å². The van der Waals surface area contributed by atoms with Gasteiger partial charge in [-0.1, -0.05) is 129 Å². The van der Waals surface area contributed by atoms with E-state index in [1.807, 2.05) is 66.8 Å². The van der Waals surface area contributed by atoms with Crippen LogP contribution in [0.4, 0.5) is 22.7 Å². The van der Waals surface area contributed by atoms with Gasteiger partial charge in [0, 0.05) is 79.6 Å². The molecular weight excluding hydrogens is 931 g/mol. The SMILES string of the molecule is C=C(/C=C(\C=C/O)c1ccc2oc3c4c(ccc3c2c1)N(c1cccc(-c2cc(-c3ccc5c(c3)c3ccccc3n5C/C=C\C)ccc2O)c1)/C=C\CCC4=C)c1cccc(N2/C=C\C=C/C(=C)c3ccccc32)c1. The van der Waals surface area contributed by atoms with E-state index in [2.05, 4.69) is 187 Å². The Balaban J connectivity index is 0.876. The molecule has 2 aliphatic heterocycles. The third kappa shape index (κ3) is 8.55. The zero-order valence-electron chi connectivity index (χ0n) is 42.3. The zero-order valence-corrected chi connectivity index (χ0v) is 42.3. The van der Waals surface area contributed by atoms with E-state index in [-0.39, 0.29) is 5.75 Å². The lowest BCUT2D eigenvalue weighted by Crippen LogP contribution is -2.12. The van der Waals surface area contributed by atoms with Gasteiger partial charge in [-0.05, 0) is 173 Å². The van der Waals surface area contributed by atoms with Crippen LogP contribution in [0.2, 0.25) is 0 Å². The van der Waals surface area contributed by atoms with E-state index in [0.29, 0.717) is 0 Å². The van der Waals surface area contributed by atoms with Gasteiger partial charge in [0.25, 0.3) is 0 Å². The topological polar surface area (TPSA) is 65.0 Å². The van der Waals surface area contributed by atoms with Crippen LogP contribution < -0.4 is 9.80 Å². The van der Waals surface area contributed by atoms with Gasteiger partial charge < -0.3 is 29.0 Å². The number of phenols is 1. The number of rotatable bonds is 10. The molecule has 4 heterocycles. The molecular formula is C70H55N3O3. The highest BCUT2D eigenvalue weighted by molar-refractivity contribution is 6.12. The first-order valence-electron chi connectivity index (χ1n) is 25.7. The monoisotopic (exact) mass is 985 g/mol. The van der Waals surface area contributed by atoms with Crippen molar-refractivity contribution in [2.24, 2.45) is 0 Å². The Morgan fingerprint density at radius 1 is 0.645 bits per heavy atom. The molecule has 0 amide bonds. The summed E-state index contributed by atoms with van der Waals surface area (Å²) in [6.45, 7) is 16.3. The van der Waals surface area contributed by atoms with Gasteiger partial charge in [-0.3, -0.25) is 0 Å². The number of benzene rings is 8. The van der Waals surface area contributed by atoms with Crippen molar-refractivity contribution in [1.29, 1.82) is 0 Å². The Kier molecular flexibility index (Phi) is 12.4. The molecule has 10 aromatic rings. The number of anilines is 4. The van der Waals surface area contributed by atoms with Gasteiger partial charge in [-0.2, -0.15) is 0 Å². The number of furan rings is 1. The standard InChI is InChI=1S/C70H55N3O3/c1-5-6-36-73-64-26-10-8-24-58(64)61-44-50(27-31-65(61)73)51-28-33-67(75)60(43-51)54-20-16-22-56(42-54)72-38-14-12-18-47(3)69-66(72)32-30-59-62-45-52(29-34-68(62)76-70(59)69)53(35-39-74)40-48(4)49-19-15-21-55(41-49)71-37-13-11-17-46(2)57-23-7-9-25-63(57)71/h5-11,13-17,19-35,37-45,74-75H,2-4,12,18,36H2,1H3/b6-5-,17-11-,37-13-,38-14-,39-35-,53-40+. The number of aromatic hydroxyl groups is 1. The fraction of sp³-hybridized carbons (Fsp3) is 0.0571. The largest absolute Gasteiger partial charge is 0.516 e. The Labute approximate surface area is 443 Å². The second kappa shape index (κ2) is 19.9. The van der Waals surface area contributed by atoms with Crippen molar-refractivity contribution < 1.29 is 14.6 Å². The summed E-state index contributed by atoms with van der Waals surface area (Å²) >= 11 is 0. The van der Waals surface area contributed by atoms with Crippen LogP contribution in [-0.4, -0.2) is 14.8 Å². The molecule has 2 aliphatic rings. The Morgan fingerprint density at radius 2 is 1.43 bits per heavy atom. The third-order valence-corrected chi connectivity index (χ3v) is 14.7. The average Bonchev–Trinajstić information content (AvgIpc) is 4.04. The number of aromatic nitrogens is 1. The molecule has 2 N–H and O–H groups in total. The number of aliphatic hydroxyl groups is 1. The number of phenolic OH excluding ortho intramolecular Hbond substituents is 1. The fourth-order valence-electron chi connectivity index (χ4n) is 10.9. The van der Waals surface area contributed by atoms with Crippen LogP contribution in [0.3, 0.4) is 0 Å². The minimum atomic E-state index is 0.212. The van der Waals surface area contributed by atoms with E-state index >= 15 is 0 Å². The number of allylic oxidation sites excluding steroid dienone is 12. The molecule has 0 aliphatic carbocycles. The summed E-state index contributed by atoms with van der Waals surface area (Å²) in [7, 11) is 0. The maximum atomic E-state index is 11.5. The maximum absolute atomic E-state index is 11.5. The van der Waals surface area contributed by atoms with E-state index in [1.54, 1.807) is 12.1 Å². The Hall–Kier alpha value is -9.78. The molecule has 0 saturated carbocycles. The van der Waals surface area contributed by atoms with E-state index in [1.165, 1.54) is 21.8 Å². The lowest BCUT2D eigenvalue weighted by molar-refractivity contribution is 0.474. The highest BCUT2D eigenvalue weighted by Crippen LogP contribution is 2.46. The van der Waals surface area contributed by atoms with Gasteiger partial charge in [0.1, 0.15) is 16.9 Å². The van der Waals surface area contributed by atoms with Crippen LogP contribution >= 0.6 is 0 Å². The van der Waals surface area contributed by atoms with Gasteiger partial charge in [-0.25, -0.2) is 0 Å². The minimum Gasteiger partial charge on any atom is -0.516 e. The predicted octanol–water partition coefficient (Wildman–Crippen LogP) is 19.2. The van der Waals surface area contributed by atoms with Crippen LogP contribution in [-0.2, 0) is 6.54 Å².